The Labute approximate surface area is 122 Å². The van der Waals surface area contributed by atoms with Crippen LogP contribution in [0.5, 0.6) is 0 Å². The zero-order valence-electron chi connectivity index (χ0n) is 11.7. The van der Waals surface area contributed by atoms with Gasteiger partial charge in [0.2, 0.25) is 11.8 Å². The van der Waals surface area contributed by atoms with Crippen molar-refractivity contribution >= 4 is 24.1 Å². The number of hydrogen-bond acceptors (Lipinski definition) is 4. The van der Waals surface area contributed by atoms with Crippen LogP contribution in [-0.4, -0.2) is 30.1 Å². The van der Waals surface area contributed by atoms with E-state index >= 15 is 0 Å². The third-order valence-electron chi connectivity index (χ3n) is 3.22. The quantitative estimate of drug-likeness (QED) is 0.627. The lowest BCUT2D eigenvalue weighted by Gasteiger charge is -2.17. The van der Waals surface area contributed by atoms with Gasteiger partial charge in [0.1, 0.15) is 0 Å². The Morgan fingerprint density at radius 2 is 1.76 bits per heavy atom. The molecule has 21 heavy (non-hydrogen) atoms. The van der Waals surface area contributed by atoms with E-state index in [1.165, 1.54) is 11.8 Å². The fraction of sp³-hybridized carbons (Fsp3) is 0.333. The molecule has 110 valence electrons. The summed E-state index contributed by atoms with van der Waals surface area (Å²) in [7, 11) is 0. The fourth-order valence-corrected chi connectivity index (χ4v) is 1.99. The number of hydrogen-bond donors (Lipinski definition) is 2. The summed E-state index contributed by atoms with van der Waals surface area (Å²) in [5, 5.41) is 4.08. The predicted octanol–water partition coefficient (Wildman–Crippen LogP) is 1.06. The van der Waals surface area contributed by atoms with E-state index in [2.05, 4.69) is 4.99 Å². The van der Waals surface area contributed by atoms with Crippen molar-refractivity contribution in [1.82, 2.24) is 10.6 Å². The first-order valence-corrected chi connectivity index (χ1v) is 6.79. The number of urea groups is 1. The molecule has 0 unspecified atom stereocenters. The van der Waals surface area contributed by atoms with Gasteiger partial charge >= 0.3 is 6.03 Å². The summed E-state index contributed by atoms with van der Waals surface area (Å²) in [5.74, 6) is -2.31. The van der Waals surface area contributed by atoms with Crippen LogP contribution in [0.4, 0.5) is 4.79 Å². The van der Waals surface area contributed by atoms with Gasteiger partial charge in [-0.3, -0.25) is 25.2 Å². The van der Waals surface area contributed by atoms with Crippen LogP contribution < -0.4 is 10.6 Å². The molecular weight excluding hydrogens is 270 g/mol. The molecule has 6 nitrogen and oxygen atoms in total. The summed E-state index contributed by atoms with van der Waals surface area (Å²) >= 11 is 0. The number of benzene rings is 1. The molecule has 1 aromatic carbocycles. The molecule has 0 spiro atoms. The summed E-state index contributed by atoms with van der Waals surface area (Å²) < 4.78 is 0. The number of aliphatic imine (C=N–C) groups is 1. The van der Waals surface area contributed by atoms with Crippen LogP contribution in [0.25, 0.3) is 0 Å². The molecule has 1 atom stereocenters. The lowest BCUT2D eigenvalue weighted by atomic mass is 10.1. The molecule has 0 radical (unpaired) electrons. The number of nitrogens with zero attached hydrogens (tertiary/aromatic N) is 1. The molecule has 2 N–H and O–H groups in total. The molecule has 1 aliphatic rings. The molecule has 0 saturated carbocycles. The van der Waals surface area contributed by atoms with Crippen LogP contribution in [0.15, 0.2) is 35.3 Å². The molecule has 0 aliphatic carbocycles. The van der Waals surface area contributed by atoms with Crippen LogP contribution in [0.1, 0.15) is 18.9 Å². The number of barbiturate groups is 1. The van der Waals surface area contributed by atoms with Gasteiger partial charge in [0.05, 0.1) is 0 Å². The van der Waals surface area contributed by atoms with Crippen molar-refractivity contribution in [1.29, 1.82) is 0 Å². The summed E-state index contributed by atoms with van der Waals surface area (Å²) in [6, 6.07) is 9.23. The topological polar surface area (TPSA) is 87.6 Å². The first-order valence-electron chi connectivity index (χ1n) is 6.79. The molecule has 1 aromatic rings. The van der Waals surface area contributed by atoms with Gasteiger partial charge in [0.15, 0.2) is 5.92 Å². The maximum Gasteiger partial charge on any atom is 0.328 e. The highest BCUT2D eigenvalue weighted by molar-refractivity contribution is 6.23. The number of rotatable bonds is 5. The number of aryl methyl sites for hydroxylation is 1. The minimum Gasteiger partial charge on any atom is -0.293 e. The summed E-state index contributed by atoms with van der Waals surface area (Å²) in [4.78, 5) is 38.2. The van der Waals surface area contributed by atoms with Crippen LogP contribution in [0, 0.1) is 5.92 Å². The molecule has 1 heterocycles. The smallest absolute Gasteiger partial charge is 0.293 e. The average molecular weight is 287 g/mol. The molecule has 2 rings (SSSR count). The monoisotopic (exact) mass is 287 g/mol. The second-order valence-corrected chi connectivity index (χ2v) is 4.96. The Morgan fingerprint density at radius 3 is 2.38 bits per heavy atom. The molecule has 6 heteroatoms. The van der Waals surface area contributed by atoms with Crippen molar-refractivity contribution in [2.75, 3.05) is 0 Å². The first-order chi connectivity index (χ1) is 10.1. The molecule has 4 amide bonds. The van der Waals surface area contributed by atoms with Crippen molar-refractivity contribution in [3.8, 4) is 0 Å². The molecular formula is C15H17N3O3. The minimum atomic E-state index is -1.04. The molecule has 0 bridgehead atoms. The van der Waals surface area contributed by atoms with E-state index < -0.39 is 23.8 Å². The van der Waals surface area contributed by atoms with Crippen molar-refractivity contribution in [2.45, 2.75) is 25.8 Å². The van der Waals surface area contributed by atoms with Gasteiger partial charge in [-0.05, 0) is 25.3 Å². The second-order valence-electron chi connectivity index (χ2n) is 4.96. The highest BCUT2D eigenvalue weighted by Gasteiger charge is 2.32. The summed E-state index contributed by atoms with van der Waals surface area (Å²) in [5.41, 5.74) is 1.22. The van der Waals surface area contributed by atoms with Gasteiger partial charge in [-0.15, -0.1) is 0 Å². The van der Waals surface area contributed by atoms with Crippen LogP contribution in [0.3, 0.4) is 0 Å². The Kier molecular flexibility index (Phi) is 4.81. The normalized spacial score (nSPS) is 17.7. The molecule has 1 aliphatic heterocycles. The first kappa shape index (κ1) is 14.9. The fourth-order valence-electron chi connectivity index (χ4n) is 1.99. The number of carbonyl (C=O) groups is 3. The van der Waals surface area contributed by atoms with Gasteiger partial charge in [-0.1, -0.05) is 30.3 Å². The van der Waals surface area contributed by atoms with Gasteiger partial charge in [0, 0.05) is 12.3 Å². The Hall–Kier alpha value is -2.50. The predicted molar refractivity (Wildman–Crippen MR) is 77.9 cm³/mol. The SMILES string of the molecule is C[C@@H](CCc1ccccc1)N=CC1C(=O)NC(=O)NC1=O. The number of carbonyl (C=O) groups excluding carboxylic acids is 3. The number of nitrogens with one attached hydrogen (secondary N) is 2. The Balaban J connectivity index is 1.87. The zero-order valence-corrected chi connectivity index (χ0v) is 11.7. The summed E-state index contributed by atoms with van der Waals surface area (Å²) in [6.07, 6.45) is 3.00. The zero-order chi connectivity index (χ0) is 15.2. The largest absolute Gasteiger partial charge is 0.328 e. The van der Waals surface area contributed by atoms with Crippen molar-refractivity contribution in [2.24, 2.45) is 10.9 Å². The van der Waals surface area contributed by atoms with E-state index in [-0.39, 0.29) is 6.04 Å². The van der Waals surface area contributed by atoms with E-state index in [9.17, 15) is 14.4 Å². The van der Waals surface area contributed by atoms with E-state index in [4.69, 9.17) is 0 Å². The summed E-state index contributed by atoms with van der Waals surface area (Å²) in [6.45, 7) is 1.92. The van der Waals surface area contributed by atoms with E-state index in [0.29, 0.717) is 0 Å². The molecule has 1 fully saturated rings. The molecule has 0 aromatic heterocycles. The van der Waals surface area contributed by atoms with Gasteiger partial charge in [0.25, 0.3) is 0 Å². The maximum atomic E-state index is 11.5. The van der Waals surface area contributed by atoms with E-state index in [1.54, 1.807) is 0 Å². The highest BCUT2D eigenvalue weighted by Crippen LogP contribution is 2.08. The van der Waals surface area contributed by atoms with E-state index in [1.807, 2.05) is 47.9 Å². The van der Waals surface area contributed by atoms with Gasteiger partial charge in [-0.2, -0.15) is 0 Å². The Morgan fingerprint density at radius 1 is 1.14 bits per heavy atom. The van der Waals surface area contributed by atoms with E-state index in [0.717, 1.165) is 12.8 Å². The standard InChI is InChI=1S/C15H17N3O3/c1-10(7-8-11-5-3-2-4-6-11)16-9-12-13(19)17-15(21)18-14(12)20/h2-6,9-10,12H,7-8H2,1H3,(H2,17,18,19,20,21)/t10-/m0/s1. The number of imide groups is 2. The third-order valence-corrected chi connectivity index (χ3v) is 3.22. The maximum absolute atomic E-state index is 11.5. The molecule has 1 saturated heterocycles. The van der Waals surface area contributed by atoms with Crippen LogP contribution >= 0.6 is 0 Å². The number of amides is 4. The lowest BCUT2D eigenvalue weighted by molar-refractivity contribution is -0.132. The van der Waals surface area contributed by atoms with Crippen molar-refractivity contribution < 1.29 is 14.4 Å². The third kappa shape index (κ3) is 4.24. The Bertz CT molecular complexity index is 549. The van der Waals surface area contributed by atoms with Gasteiger partial charge < -0.3 is 0 Å². The minimum absolute atomic E-state index is 0.0107. The highest BCUT2D eigenvalue weighted by atomic mass is 16.2. The van der Waals surface area contributed by atoms with Crippen molar-refractivity contribution in [3.05, 3.63) is 35.9 Å². The van der Waals surface area contributed by atoms with Crippen LogP contribution in [-0.2, 0) is 16.0 Å². The lowest BCUT2D eigenvalue weighted by Crippen LogP contribution is -2.56. The average Bonchev–Trinajstić information content (AvgIpc) is 2.45. The van der Waals surface area contributed by atoms with Gasteiger partial charge in [-0.25, -0.2) is 4.79 Å². The van der Waals surface area contributed by atoms with Crippen LogP contribution in [0.2, 0.25) is 0 Å². The second kappa shape index (κ2) is 6.78. The van der Waals surface area contributed by atoms with Crippen molar-refractivity contribution in [3.63, 3.8) is 0 Å².